The molecule has 19 heavy (non-hydrogen) atoms. The van der Waals surface area contributed by atoms with E-state index in [-0.39, 0.29) is 6.10 Å². The van der Waals surface area contributed by atoms with Gasteiger partial charge < -0.3 is 9.67 Å². The van der Waals surface area contributed by atoms with Crippen LogP contribution in [0.2, 0.25) is 10.0 Å². The average molecular weight is 296 g/mol. The number of halogens is 2. The molecule has 1 unspecified atom stereocenters. The SMILES string of the molecule is OC1CCCc2cn(Cc3ccc(Cl)cc3Cl)cc21. The highest BCUT2D eigenvalue weighted by Crippen LogP contribution is 2.31. The van der Waals surface area contributed by atoms with Gasteiger partial charge in [0.05, 0.1) is 6.10 Å². The van der Waals surface area contributed by atoms with E-state index < -0.39 is 0 Å². The van der Waals surface area contributed by atoms with Crippen molar-refractivity contribution in [2.24, 2.45) is 0 Å². The van der Waals surface area contributed by atoms with Crippen molar-refractivity contribution in [2.75, 3.05) is 0 Å². The Kier molecular flexibility index (Phi) is 3.57. The quantitative estimate of drug-likeness (QED) is 0.882. The lowest BCUT2D eigenvalue weighted by Gasteiger charge is -2.16. The first-order valence-corrected chi connectivity index (χ1v) is 7.19. The molecule has 100 valence electrons. The van der Waals surface area contributed by atoms with Crippen LogP contribution in [-0.2, 0) is 13.0 Å². The van der Waals surface area contributed by atoms with Crippen molar-refractivity contribution in [1.29, 1.82) is 0 Å². The maximum atomic E-state index is 9.97. The zero-order chi connectivity index (χ0) is 13.4. The van der Waals surface area contributed by atoms with Gasteiger partial charge in [-0.2, -0.15) is 0 Å². The van der Waals surface area contributed by atoms with Gasteiger partial charge in [-0.05, 0) is 42.5 Å². The topological polar surface area (TPSA) is 25.2 Å². The second-order valence-electron chi connectivity index (χ2n) is 5.05. The van der Waals surface area contributed by atoms with E-state index in [0.29, 0.717) is 16.6 Å². The number of aromatic nitrogens is 1. The van der Waals surface area contributed by atoms with E-state index in [0.717, 1.165) is 30.4 Å². The van der Waals surface area contributed by atoms with E-state index in [1.54, 1.807) is 6.07 Å². The van der Waals surface area contributed by atoms with E-state index in [1.165, 1.54) is 5.56 Å². The summed E-state index contributed by atoms with van der Waals surface area (Å²) in [6.07, 6.45) is 6.80. The molecule has 2 aromatic rings. The lowest BCUT2D eigenvalue weighted by Crippen LogP contribution is -2.05. The van der Waals surface area contributed by atoms with Crippen LogP contribution in [0.3, 0.4) is 0 Å². The maximum absolute atomic E-state index is 9.97. The van der Waals surface area contributed by atoms with Gasteiger partial charge in [0, 0.05) is 34.5 Å². The fourth-order valence-corrected chi connectivity index (χ4v) is 3.13. The van der Waals surface area contributed by atoms with Gasteiger partial charge in [0.25, 0.3) is 0 Å². The molecule has 1 atom stereocenters. The van der Waals surface area contributed by atoms with Gasteiger partial charge in [0.15, 0.2) is 0 Å². The van der Waals surface area contributed by atoms with Crippen LogP contribution < -0.4 is 0 Å². The van der Waals surface area contributed by atoms with Crippen LogP contribution in [0.5, 0.6) is 0 Å². The Bertz CT molecular complexity index is 606. The van der Waals surface area contributed by atoms with Gasteiger partial charge in [0.1, 0.15) is 0 Å². The summed E-state index contributed by atoms with van der Waals surface area (Å²) >= 11 is 12.1. The lowest BCUT2D eigenvalue weighted by atomic mass is 9.93. The molecule has 0 aliphatic heterocycles. The molecule has 3 rings (SSSR count). The largest absolute Gasteiger partial charge is 0.388 e. The van der Waals surface area contributed by atoms with Crippen molar-refractivity contribution in [3.8, 4) is 0 Å². The molecular formula is C15H15Cl2NO. The molecule has 0 bridgehead atoms. The lowest BCUT2D eigenvalue weighted by molar-refractivity contribution is 0.157. The third kappa shape index (κ3) is 2.66. The summed E-state index contributed by atoms with van der Waals surface area (Å²) in [5.74, 6) is 0. The van der Waals surface area contributed by atoms with Crippen LogP contribution in [0.1, 0.15) is 35.6 Å². The summed E-state index contributed by atoms with van der Waals surface area (Å²) in [5.41, 5.74) is 3.35. The minimum atomic E-state index is -0.314. The van der Waals surface area contributed by atoms with Crippen molar-refractivity contribution >= 4 is 23.2 Å². The van der Waals surface area contributed by atoms with E-state index in [4.69, 9.17) is 23.2 Å². The van der Waals surface area contributed by atoms with Crippen molar-refractivity contribution in [2.45, 2.75) is 31.9 Å². The third-order valence-corrected chi connectivity index (χ3v) is 4.24. The highest BCUT2D eigenvalue weighted by molar-refractivity contribution is 6.35. The normalized spacial score (nSPS) is 18.4. The van der Waals surface area contributed by atoms with Gasteiger partial charge in [-0.1, -0.05) is 29.3 Å². The summed E-state index contributed by atoms with van der Waals surface area (Å²) in [6.45, 7) is 0.704. The minimum absolute atomic E-state index is 0.314. The van der Waals surface area contributed by atoms with E-state index in [1.807, 2.05) is 18.3 Å². The van der Waals surface area contributed by atoms with Crippen LogP contribution in [0.25, 0.3) is 0 Å². The van der Waals surface area contributed by atoms with Crippen LogP contribution in [-0.4, -0.2) is 9.67 Å². The first-order valence-electron chi connectivity index (χ1n) is 6.44. The predicted octanol–water partition coefficient (Wildman–Crippen LogP) is 4.21. The van der Waals surface area contributed by atoms with Crippen molar-refractivity contribution in [1.82, 2.24) is 4.57 Å². The van der Waals surface area contributed by atoms with Gasteiger partial charge >= 0.3 is 0 Å². The predicted molar refractivity (Wildman–Crippen MR) is 77.9 cm³/mol. The van der Waals surface area contributed by atoms with Gasteiger partial charge in [-0.25, -0.2) is 0 Å². The Morgan fingerprint density at radius 1 is 1.26 bits per heavy atom. The standard InChI is InChI=1S/C15H15Cl2NO/c16-12-5-4-11(14(17)6-12)8-18-7-10-2-1-3-15(19)13(10)9-18/h4-7,9,15,19H,1-3,8H2. The monoisotopic (exact) mass is 295 g/mol. The van der Waals surface area contributed by atoms with Crippen molar-refractivity contribution in [3.05, 3.63) is 57.3 Å². The Morgan fingerprint density at radius 2 is 2.11 bits per heavy atom. The van der Waals surface area contributed by atoms with Crippen molar-refractivity contribution < 1.29 is 5.11 Å². The number of hydrogen-bond donors (Lipinski definition) is 1. The first-order chi connectivity index (χ1) is 9.13. The fourth-order valence-electron chi connectivity index (χ4n) is 2.66. The summed E-state index contributed by atoms with van der Waals surface area (Å²) in [5, 5.41) is 11.3. The van der Waals surface area contributed by atoms with Crippen LogP contribution in [0.15, 0.2) is 30.6 Å². The summed E-state index contributed by atoms with van der Waals surface area (Å²) in [7, 11) is 0. The minimum Gasteiger partial charge on any atom is -0.388 e. The Morgan fingerprint density at radius 3 is 2.84 bits per heavy atom. The van der Waals surface area contributed by atoms with Gasteiger partial charge in [0.2, 0.25) is 0 Å². The molecule has 1 aromatic carbocycles. The zero-order valence-corrected chi connectivity index (χ0v) is 12.0. The molecule has 0 fully saturated rings. The highest BCUT2D eigenvalue weighted by Gasteiger charge is 2.19. The number of nitrogens with zero attached hydrogens (tertiary/aromatic N) is 1. The Balaban J connectivity index is 1.87. The molecule has 1 heterocycles. The van der Waals surface area contributed by atoms with E-state index in [2.05, 4.69) is 10.8 Å². The van der Waals surface area contributed by atoms with Crippen LogP contribution >= 0.6 is 23.2 Å². The number of rotatable bonds is 2. The fraction of sp³-hybridized carbons (Fsp3) is 0.333. The van der Waals surface area contributed by atoms with Crippen LogP contribution in [0.4, 0.5) is 0 Å². The second-order valence-corrected chi connectivity index (χ2v) is 5.90. The molecule has 1 aromatic heterocycles. The average Bonchev–Trinajstić information content (AvgIpc) is 2.77. The summed E-state index contributed by atoms with van der Waals surface area (Å²) < 4.78 is 2.09. The second kappa shape index (κ2) is 5.20. The molecule has 0 amide bonds. The molecule has 1 N–H and O–H groups in total. The number of fused-ring (bicyclic) bond motifs is 1. The Hall–Kier alpha value is -0.960. The zero-order valence-electron chi connectivity index (χ0n) is 10.4. The smallest absolute Gasteiger partial charge is 0.0807 e. The summed E-state index contributed by atoms with van der Waals surface area (Å²) in [6, 6.07) is 5.55. The maximum Gasteiger partial charge on any atom is 0.0807 e. The van der Waals surface area contributed by atoms with Gasteiger partial charge in [-0.15, -0.1) is 0 Å². The molecule has 2 nitrogen and oxygen atoms in total. The number of aliphatic hydroxyl groups is 1. The number of benzene rings is 1. The molecule has 0 spiro atoms. The molecule has 0 saturated carbocycles. The van der Waals surface area contributed by atoms with Crippen molar-refractivity contribution in [3.63, 3.8) is 0 Å². The molecule has 0 radical (unpaired) electrons. The first kappa shape index (κ1) is 13.0. The number of aliphatic hydroxyl groups excluding tert-OH is 1. The molecule has 4 heteroatoms. The molecular weight excluding hydrogens is 281 g/mol. The van der Waals surface area contributed by atoms with Gasteiger partial charge in [-0.3, -0.25) is 0 Å². The molecule has 1 aliphatic carbocycles. The third-order valence-electron chi connectivity index (χ3n) is 3.65. The Labute approximate surface area is 122 Å². The molecule has 1 aliphatic rings. The van der Waals surface area contributed by atoms with E-state index >= 15 is 0 Å². The molecule has 0 saturated heterocycles. The summed E-state index contributed by atoms with van der Waals surface area (Å²) in [4.78, 5) is 0. The number of hydrogen-bond acceptors (Lipinski definition) is 1. The number of aryl methyl sites for hydroxylation is 1. The van der Waals surface area contributed by atoms with E-state index in [9.17, 15) is 5.11 Å². The van der Waals surface area contributed by atoms with Crippen LogP contribution in [0, 0.1) is 0 Å². The highest BCUT2D eigenvalue weighted by atomic mass is 35.5.